The van der Waals surface area contributed by atoms with Crippen LogP contribution in [-0.2, 0) is 9.59 Å². The summed E-state index contributed by atoms with van der Waals surface area (Å²) in [6.45, 7) is 0. The van der Waals surface area contributed by atoms with E-state index >= 15 is 0 Å². The van der Waals surface area contributed by atoms with Crippen molar-refractivity contribution in [3.8, 4) is 0 Å². The molecule has 3 N–H and O–H groups in total. The van der Waals surface area contributed by atoms with E-state index in [2.05, 4.69) is 5.73 Å². The van der Waals surface area contributed by atoms with Crippen LogP contribution in [0.15, 0.2) is 12.2 Å². The first kappa shape index (κ1) is 20.9. The summed E-state index contributed by atoms with van der Waals surface area (Å²) in [5.41, 5.74) is 4.55. The van der Waals surface area contributed by atoms with Crippen molar-refractivity contribution in [2.75, 3.05) is 0 Å². The molecule has 0 rings (SSSR count). The number of primary amides is 1. The third-order valence-corrected chi connectivity index (χ3v) is 0.390. The molecular formula is C4H6Cl3KNO3Sm. The summed E-state index contributed by atoms with van der Waals surface area (Å²) in [6, 6.07) is 0. The molecule has 1 amide bonds. The second-order valence-electron chi connectivity index (χ2n) is 1.25. The zero-order valence-electron chi connectivity index (χ0n) is 7.54. The Hall–Kier alpha value is 2.52. The molecule has 0 spiro atoms. The number of halogens is 3. The number of carbonyl (C=O) groups excluding carboxylic acids is 1. The molecule has 0 saturated carbocycles. The number of amides is 1. The fourth-order valence-corrected chi connectivity index (χ4v) is 0.153. The van der Waals surface area contributed by atoms with Crippen LogP contribution in [0.2, 0.25) is 0 Å². The van der Waals surface area contributed by atoms with Gasteiger partial charge in [-0.25, -0.2) is 4.79 Å². The molecule has 73 valence electrons. The first-order valence-corrected chi connectivity index (χ1v) is 12.1. The van der Waals surface area contributed by atoms with Crippen LogP contribution in [0.25, 0.3) is 0 Å². The fourth-order valence-electron chi connectivity index (χ4n) is 0.153. The third kappa shape index (κ3) is 40.2. The zero-order chi connectivity index (χ0) is 10.1. The zero-order valence-corrected chi connectivity index (χ0v) is 14.5. The van der Waals surface area contributed by atoms with Gasteiger partial charge in [0, 0.05) is 12.2 Å². The maximum Gasteiger partial charge on any atom is 1.00 e. The van der Waals surface area contributed by atoms with Crippen molar-refractivity contribution in [2.24, 2.45) is 5.73 Å². The minimum atomic E-state index is -2.11. The van der Waals surface area contributed by atoms with Crippen molar-refractivity contribution in [2.45, 2.75) is 0 Å². The van der Waals surface area contributed by atoms with E-state index < -0.39 is 41.4 Å². The predicted molar refractivity (Wildman–Crippen MR) is 44.6 cm³/mol. The summed E-state index contributed by atoms with van der Waals surface area (Å²) in [5, 5.41) is 7.87. The number of aliphatic carboxylic acids is 1. The molecule has 0 aliphatic rings. The average molecular weight is 412 g/mol. The normalized spacial score (nSPS) is 8.62. The van der Waals surface area contributed by atoms with Crippen LogP contribution in [0.1, 0.15) is 1.43 Å². The summed E-state index contributed by atoms with van der Waals surface area (Å²) in [6.07, 6.45) is 1.46. The van der Waals surface area contributed by atoms with Crippen molar-refractivity contribution in [3.63, 3.8) is 0 Å². The standard InChI is InChI=1S/C4H5NO3.3ClH.K.Sm.H/c5-3(6)1-2-4(7)8;;;;;;/h1-2H,(H2,5,6)(H,7,8);3*1H;;;/q;;;;+1;+3;-1/p-3/b2-1-;;;;;;. The van der Waals surface area contributed by atoms with Gasteiger partial charge in [0.05, 0.1) is 0 Å². The summed E-state index contributed by atoms with van der Waals surface area (Å²) >= 11 is -2.11. The van der Waals surface area contributed by atoms with E-state index in [1.807, 2.05) is 0 Å². The number of carboxylic acids is 1. The van der Waals surface area contributed by atoms with Crippen molar-refractivity contribution in [3.05, 3.63) is 12.2 Å². The predicted octanol–water partition coefficient (Wildman–Crippen LogP) is -1.70. The van der Waals surface area contributed by atoms with Gasteiger partial charge in [0.15, 0.2) is 0 Å². The van der Waals surface area contributed by atoms with Crippen LogP contribution < -0.4 is 57.1 Å². The van der Waals surface area contributed by atoms with Crippen molar-refractivity contribution < 1.29 is 97.1 Å². The summed E-state index contributed by atoms with van der Waals surface area (Å²) < 4.78 is 0. The van der Waals surface area contributed by atoms with E-state index in [-0.39, 0.29) is 52.8 Å². The Morgan fingerprint density at radius 2 is 1.62 bits per heavy atom. The molecule has 0 aliphatic carbocycles. The Bertz CT molecular complexity index is 176. The molecule has 0 aromatic carbocycles. The molecule has 0 bridgehead atoms. The van der Waals surface area contributed by atoms with E-state index in [0.717, 1.165) is 6.08 Å². The van der Waals surface area contributed by atoms with Crippen molar-refractivity contribution >= 4 is 29.5 Å². The van der Waals surface area contributed by atoms with Crippen molar-refractivity contribution in [1.82, 2.24) is 0 Å². The molecule has 0 saturated heterocycles. The van der Waals surface area contributed by atoms with Gasteiger partial charge in [0.1, 0.15) is 0 Å². The Kier molecular flexibility index (Phi) is 23.3. The van der Waals surface area contributed by atoms with Gasteiger partial charge in [-0.3, -0.25) is 4.79 Å². The molecule has 9 heteroatoms. The number of hydrogen-bond acceptors (Lipinski definition) is 2. The molecule has 4 nitrogen and oxygen atoms in total. The van der Waals surface area contributed by atoms with Crippen LogP contribution in [-0.4, -0.2) is 17.0 Å². The fraction of sp³-hybridized carbons (Fsp3) is 0. The number of carboxylic acid groups (broad SMARTS) is 1. The van der Waals surface area contributed by atoms with E-state index in [4.69, 9.17) is 22.8 Å². The van der Waals surface area contributed by atoms with Gasteiger partial charge in [-0.2, -0.15) is 0 Å². The van der Waals surface area contributed by atoms with Gasteiger partial charge < -0.3 is 12.3 Å². The number of rotatable bonds is 2. The molecular weight excluding hydrogens is 406 g/mol. The van der Waals surface area contributed by atoms with Gasteiger partial charge in [-0.05, 0) is 0 Å². The quantitative estimate of drug-likeness (QED) is 0.420. The second-order valence-corrected chi connectivity index (χ2v) is 12.8. The topological polar surface area (TPSA) is 80.4 Å². The monoisotopic (exact) mass is 412 g/mol. The van der Waals surface area contributed by atoms with Crippen molar-refractivity contribution in [1.29, 1.82) is 0 Å². The van der Waals surface area contributed by atoms with Gasteiger partial charge in [0.2, 0.25) is 5.91 Å². The summed E-state index contributed by atoms with van der Waals surface area (Å²) in [4.78, 5) is 19.4. The molecule has 0 aliphatic heterocycles. The van der Waals surface area contributed by atoms with Gasteiger partial charge in [-0.1, -0.05) is 0 Å². The Morgan fingerprint density at radius 3 is 1.69 bits per heavy atom. The molecule has 0 aromatic heterocycles. The van der Waals surface area contributed by atoms with Crippen LogP contribution in [0, 0.1) is 29.6 Å². The smallest absolute Gasteiger partial charge is 1.00 e. The average Bonchev–Trinajstić information content (AvgIpc) is 1.82. The van der Waals surface area contributed by atoms with E-state index in [0.29, 0.717) is 6.08 Å². The first-order valence-electron chi connectivity index (χ1n) is 2.29. The molecule has 13 heavy (non-hydrogen) atoms. The molecule has 0 radical (unpaired) electrons. The van der Waals surface area contributed by atoms with Gasteiger partial charge in [-0.15, -0.1) is 0 Å². The molecule has 0 fully saturated rings. The Morgan fingerprint density at radius 1 is 1.31 bits per heavy atom. The largest absolute Gasteiger partial charge is 1.00 e. The Labute approximate surface area is 141 Å². The summed E-state index contributed by atoms with van der Waals surface area (Å²) in [5.74, 6) is 13.1. The molecule has 0 aromatic rings. The third-order valence-electron chi connectivity index (χ3n) is 0.390. The van der Waals surface area contributed by atoms with Crippen LogP contribution in [0.4, 0.5) is 0 Å². The van der Waals surface area contributed by atoms with E-state index in [1.165, 1.54) is 0 Å². The van der Waals surface area contributed by atoms with Crippen LogP contribution in [0.3, 0.4) is 0 Å². The maximum absolute atomic E-state index is 9.78. The maximum atomic E-state index is 9.78. The number of nitrogens with two attached hydrogens (primary N) is 1. The second kappa shape index (κ2) is 14.5. The first-order chi connectivity index (χ1) is 5.36. The van der Waals surface area contributed by atoms with E-state index in [9.17, 15) is 9.59 Å². The minimum Gasteiger partial charge on any atom is -1.00 e. The van der Waals surface area contributed by atoms with E-state index in [1.54, 1.807) is 0 Å². The SMILES string of the molecule is NC(=O)/C=C\C(=O)O.[Cl][Sm]([Cl])[Cl].[H-].[K+]. The summed E-state index contributed by atoms with van der Waals surface area (Å²) in [7, 11) is 0. The molecule has 0 unspecified atom stereocenters. The molecule has 0 heterocycles. The van der Waals surface area contributed by atoms with Crippen LogP contribution >= 0.6 is 17.7 Å². The number of carbonyl (C=O) groups is 2. The minimum absolute atomic E-state index is 0. The van der Waals surface area contributed by atoms with Gasteiger partial charge >= 0.3 is 105 Å². The Balaban J connectivity index is -0.0000000733. The number of hydrogen-bond donors (Lipinski definition) is 2. The van der Waals surface area contributed by atoms with Crippen LogP contribution in [0.5, 0.6) is 0 Å². The molecule has 0 atom stereocenters. The van der Waals surface area contributed by atoms with Gasteiger partial charge in [0.25, 0.3) is 0 Å².